The van der Waals surface area contributed by atoms with E-state index in [1.165, 1.54) is 16.9 Å². The van der Waals surface area contributed by atoms with Gasteiger partial charge in [-0.2, -0.15) is 4.68 Å². The van der Waals surface area contributed by atoms with Crippen LogP contribution in [0.4, 0.5) is 5.82 Å². The third kappa shape index (κ3) is 5.04. The molecule has 1 rings (SSSR count). The second-order valence-corrected chi connectivity index (χ2v) is 4.71. The number of nitrogens with one attached hydrogen (secondary N) is 1. The second-order valence-electron chi connectivity index (χ2n) is 4.71. The van der Waals surface area contributed by atoms with Gasteiger partial charge in [0.15, 0.2) is 0 Å². The lowest BCUT2D eigenvalue weighted by molar-refractivity contribution is -0.389. The molecule has 0 spiro atoms. The molecular formula is C11H18N4O4. The van der Waals surface area contributed by atoms with E-state index in [2.05, 4.69) is 10.4 Å². The van der Waals surface area contributed by atoms with Crippen LogP contribution in [0.2, 0.25) is 0 Å². The Bertz CT molecular complexity index is 444. The summed E-state index contributed by atoms with van der Waals surface area (Å²) in [6, 6.07) is 0.920. The number of hydrogen-bond acceptors (Lipinski definition) is 5. The summed E-state index contributed by atoms with van der Waals surface area (Å²) >= 11 is 0. The topological polar surface area (TPSA) is 110 Å². The van der Waals surface area contributed by atoms with Crippen LogP contribution in [0.1, 0.15) is 20.3 Å². The van der Waals surface area contributed by atoms with E-state index in [4.69, 9.17) is 5.11 Å². The molecule has 0 aliphatic heterocycles. The minimum atomic E-state index is -0.621. The Balaban J connectivity index is 2.51. The Labute approximate surface area is 110 Å². The maximum atomic E-state index is 11.7. The van der Waals surface area contributed by atoms with Gasteiger partial charge in [-0.15, -0.1) is 0 Å². The van der Waals surface area contributed by atoms with E-state index in [1.807, 2.05) is 13.8 Å². The standard InChI is InChI=1S/C11H18N4O4/c1-8(2)5-9(7-16)12-11(17)6-14-4-3-10(13-14)15(18)19/h3-4,8-9,16H,5-7H2,1-2H3,(H,12,17). The Morgan fingerprint density at radius 2 is 2.32 bits per heavy atom. The number of aromatic nitrogens is 2. The smallest absolute Gasteiger partial charge is 0.389 e. The average molecular weight is 270 g/mol. The fourth-order valence-corrected chi connectivity index (χ4v) is 1.70. The Kier molecular flexibility index (Phi) is 5.43. The number of carbonyl (C=O) groups is 1. The fraction of sp³-hybridized carbons (Fsp3) is 0.636. The maximum Gasteiger partial charge on any atom is 0.389 e. The summed E-state index contributed by atoms with van der Waals surface area (Å²) in [6.07, 6.45) is 2.04. The molecule has 0 saturated carbocycles. The van der Waals surface area contributed by atoms with Crippen molar-refractivity contribution in [3.05, 3.63) is 22.4 Å². The van der Waals surface area contributed by atoms with Crippen molar-refractivity contribution in [2.45, 2.75) is 32.9 Å². The Hall–Kier alpha value is -1.96. The molecule has 106 valence electrons. The molecule has 0 saturated heterocycles. The molecule has 0 radical (unpaired) electrons. The van der Waals surface area contributed by atoms with E-state index in [0.29, 0.717) is 12.3 Å². The number of amides is 1. The quantitative estimate of drug-likeness (QED) is 0.547. The van der Waals surface area contributed by atoms with Gasteiger partial charge >= 0.3 is 5.82 Å². The first-order valence-corrected chi connectivity index (χ1v) is 6.00. The molecule has 8 nitrogen and oxygen atoms in total. The van der Waals surface area contributed by atoms with Gasteiger partial charge in [0.05, 0.1) is 30.0 Å². The number of nitrogens with zero attached hydrogens (tertiary/aromatic N) is 3. The number of rotatable bonds is 7. The van der Waals surface area contributed by atoms with E-state index in [0.717, 1.165) is 0 Å². The summed E-state index contributed by atoms with van der Waals surface area (Å²) in [6.45, 7) is 3.74. The van der Waals surface area contributed by atoms with E-state index >= 15 is 0 Å². The van der Waals surface area contributed by atoms with Crippen molar-refractivity contribution < 1.29 is 14.8 Å². The van der Waals surface area contributed by atoms with Crippen molar-refractivity contribution in [2.24, 2.45) is 5.92 Å². The van der Waals surface area contributed by atoms with Gasteiger partial charge in [0.2, 0.25) is 5.91 Å². The zero-order valence-corrected chi connectivity index (χ0v) is 10.9. The molecule has 19 heavy (non-hydrogen) atoms. The molecule has 1 aromatic rings. The molecular weight excluding hydrogens is 252 g/mol. The van der Waals surface area contributed by atoms with Gasteiger partial charge in [-0.3, -0.25) is 4.79 Å². The van der Waals surface area contributed by atoms with Crippen molar-refractivity contribution in [3.63, 3.8) is 0 Å². The summed E-state index contributed by atoms with van der Waals surface area (Å²) < 4.78 is 1.19. The van der Waals surface area contributed by atoms with Gasteiger partial charge in [-0.25, -0.2) is 0 Å². The number of aliphatic hydroxyl groups is 1. The van der Waals surface area contributed by atoms with Crippen LogP contribution in [-0.4, -0.2) is 38.4 Å². The highest BCUT2D eigenvalue weighted by Crippen LogP contribution is 2.06. The van der Waals surface area contributed by atoms with Crippen LogP contribution in [0, 0.1) is 16.0 Å². The lowest BCUT2D eigenvalue weighted by Gasteiger charge is -2.17. The highest BCUT2D eigenvalue weighted by Gasteiger charge is 2.16. The minimum absolute atomic E-state index is 0.109. The number of nitro groups is 1. The van der Waals surface area contributed by atoms with Gasteiger partial charge in [-0.1, -0.05) is 13.8 Å². The molecule has 2 N–H and O–H groups in total. The van der Waals surface area contributed by atoms with Gasteiger partial charge in [0.25, 0.3) is 0 Å². The van der Waals surface area contributed by atoms with Gasteiger partial charge in [-0.05, 0) is 17.3 Å². The predicted molar refractivity (Wildman–Crippen MR) is 67.4 cm³/mol. The third-order valence-corrected chi connectivity index (χ3v) is 2.46. The number of hydrogen-bond donors (Lipinski definition) is 2. The largest absolute Gasteiger partial charge is 0.394 e. The lowest BCUT2D eigenvalue weighted by atomic mass is 10.0. The SMILES string of the molecule is CC(C)CC(CO)NC(=O)Cn1ccc([N+](=O)[O-])n1. The first-order chi connectivity index (χ1) is 8.92. The molecule has 0 aromatic carbocycles. The summed E-state index contributed by atoms with van der Waals surface area (Å²) in [4.78, 5) is 21.5. The van der Waals surface area contributed by atoms with Crippen molar-refractivity contribution in [1.82, 2.24) is 15.1 Å². The Morgan fingerprint density at radius 1 is 1.63 bits per heavy atom. The van der Waals surface area contributed by atoms with Crippen LogP contribution < -0.4 is 5.32 Å². The molecule has 1 heterocycles. The Morgan fingerprint density at radius 3 is 2.79 bits per heavy atom. The predicted octanol–water partition coefficient (Wildman–Crippen LogP) is 0.314. The maximum absolute atomic E-state index is 11.7. The molecule has 0 bridgehead atoms. The average Bonchev–Trinajstić information content (AvgIpc) is 2.75. The van der Waals surface area contributed by atoms with Gasteiger partial charge in [0, 0.05) is 0 Å². The second kappa shape index (κ2) is 6.83. The lowest BCUT2D eigenvalue weighted by Crippen LogP contribution is -2.40. The van der Waals surface area contributed by atoms with E-state index in [9.17, 15) is 14.9 Å². The monoisotopic (exact) mass is 270 g/mol. The van der Waals surface area contributed by atoms with E-state index < -0.39 is 4.92 Å². The van der Waals surface area contributed by atoms with Crippen molar-refractivity contribution >= 4 is 11.7 Å². The van der Waals surface area contributed by atoms with Crippen LogP contribution in [0.3, 0.4) is 0 Å². The molecule has 0 aliphatic carbocycles. The fourth-order valence-electron chi connectivity index (χ4n) is 1.70. The number of aliphatic hydroxyl groups excluding tert-OH is 1. The molecule has 0 aliphatic rings. The van der Waals surface area contributed by atoms with Gasteiger partial charge in [0.1, 0.15) is 6.54 Å². The normalized spacial score (nSPS) is 12.4. The van der Waals surface area contributed by atoms with Crippen LogP contribution in [0.25, 0.3) is 0 Å². The van der Waals surface area contributed by atoms with Crippen LogP contribution in [0.5, 0.6) is 0 Å². The highest BCUT2D eigenvalue weighted by atomic mass is 16.6. The van der Waals surface area contributed by atoms with Gasteiger partial charge < -0.3 is 20.5 Å². The first kappa shape index (κ1) is 15.1. The van der Waals surface area contributed by atoms with E-state index in [1.54, 1.807) is 0 Å². The zero-order chi connectivity index (χ0) is 14.4. The molecule has 1 aromatic heterocycles. The summed E-state index contributed by atoms with van der Waals surface area (Å²) in [5.74, 6) is -0.283. The number of carbonyl (C=O) groups excluding carboxylic acids is 1. The molecule has 1 amide bonds. The molecule has 0 fully saturated rings. The van der Waals surface area contributed by atoms with E-state index in [-0.39, 0.29) is 30.9 Å². The summed E-state index contributed by atoms with van der Waals surface area (Å²) in [7, 11) is 0. The molecule has 1 atom stereocenters. The zero-order valence-electron chi connectivity index (χ0n) is 10.9. The summed E-state index contributed by atoms with van der Waals surface area (Å²) in [5.41, 5.74) is 0. The van der Waals surface area contributed by atoms with Crippen LogP contribution in [-0.2, 0) is 11.3 Å². The molecule has 1 unspecified atom stereocenters. The van der Waals surface area contributed by atoms with Crippen molar-refractivity contribution in [1.29, 1.82) is 0 Å². The van der Waals surface area contributed by atoms with Crippen molar-refractivity contribution in [2.75, 3.05) is 6.61 Å². The molecule has 8 heteroatoms. The minimum Gasteiger partial charge on any atom is -0.394 e. The van der Waals surface area contributed by atoms with Crippen LogP contribution >= 0.6 is 0 Å². The van der Waals surface area contributed by atoms with Crippen molar-refractivity contribution in [3.8, 4) is 0 Å². The third-order valence-electron chi connectivity index (χ3n) is 2.46. The van der Waals surface area contributed by atoms with Crippen LogP contribution in [0.15, 0.2) is 12.3 Å². The summed E-state index contributed by atoms with van der Waals surface area (Å²) in [5, 5.41) is 25.9. The highest BCUT2D eigenvalue weighted by molar-refractivity contribution is 5.76. The first-order valence-electron chi connectivity index (χ1n) is 6.00.